The van der Waals surface area contributed by atoms with Crippen LogP contribution in [0, 0.1) is 5.82 Å². The van der Waals surface area contributed by atoms with Crippen LogP contribution in [0.5, 0.6) is 0 Å². The monoisotopic (exact) mass is 332 g/mol. The zero-order chi connectivity index (χ0) is 17.2. The van der Waals surface area contributed by atoms with Crippen molar-refractivity contribution in [1.29, 1.82) is 0 Å². The van der Waals surface area contributed by atoms with Crippen LogP contribution in [0.25, 0.3) is 0 Å². The van der Waals surface area contributed by atoms with Gasteiger partial charge >= 0.3 is 0 Å². The lowest BCUT2D eigenvalue weighted by Gasteiger charge is -2.52. The highest BCUT2D eigenvalue weighted by atomic mass is 19.1. The minimum atomic E-state index is -0.314. The van der Waals surface area contributed by atoms with Crippen molar-refractivity contribution in [3.8, 4) is 0 Å². The van der Waals surface area contributed by atoms with E-state index in [2.05, 4.69) is 0 Å². The van der Waals surface area contributed by atoms with E-state index in [-0.39, 0.29) is 29.6 Å². The Morgan fingerprint density at radius 1 is 1.29 bits per heavy atom. The molecule has 0 aromatic heterocycles. The van der Waals surface area contributed by atoms with Crippen molar-refractivity contribution in [2.75, 3.05) is 19.6 Å². The fourth-order valence-electron chi connectivity index (χ4n) is 4.30. The van der Waals surface area contributed by atoms with Gasteiger partial charge in [-0.25, -0.2) is 4.39 Å². The topological polar surface area (TPSA) is 40.6 Å². The number of amides is 2. The standard InChI is InChI=1S/C19H25FN2O2/c1-2-22-17(23)8-4-9-19(22)10-5-11-21(14-19)18(24)13-15-6-3-7-16(20)12-15/h3,6-7,12H,2,4-5,8-11,13-14H2,1H3/t19-/m1/s1. The molecule has 1 aromatic rings. The molecule has 1 spiro atoms. The summed E-state index contributed by atoms with van der Waals surface area (Å²) < 4.78 is 13.3. The van der Waals surface area contributed by atoms with E-state index in [0.717, 1.165) is 32.2 Å². The zero-order valence-corrected chi connectivity index (χ0v) is 14.3. The van der Waals surface area contributed by atoms with E-state index in [0.29, 0.717) is 25.1 Å². The molecule has 2 aliphatic heterocycles. The molecule has 0 unspecified atom stereocenters. The van der Waals surface area contributed by atoms with Crippen LogP contribution >= 0.6 is 0 Å². The van der Waals surface area contributed by atoms with Crippen molar-refractivity contribution >= 4 is 11.8 Å². The van der Waals surface area contributed by atoms with E-state index in [4.69, 9.17) is 0 Å². The number of carbonyl (C=O) groups excluding carboxylic acids is 2. The molecule has 0 bridgehead atoms. The van der Waals surface area contributed by atoms with Gasteiger partial charge in [0.15, 0.2) is 0 Å². The lowest BCUT2D eigenvalue weighted by Crippen LogP contribution is -2.63. The SMILES string of the molecule is CCN1C(=O)CCC[C@]12CCCN(C(=O)Cc1cccc(F)c1)C2. The smallest absolute Gasteiger partial charge is 0.227 e. The first-order valence-corrected chi connectivity index (χ1v) is 8.87. The summed E-state index contributed by atoms with van der Waals surface area (Å²) in [4.78, 5) is 28.8. The maximum atomic E-state index is 13.3. The third-order valence-electron chi connectivity index (χ3n) is 5.38. The molecule has 2 heterocycles. The summed E-state index contributed by atoms with van der Waals surface area (Å²) in [6, 6.07) is 6.22. The van der Waals surface area contributed by atoms with Gasteiger partial charge < -0.3 is 9.80 Å². The molecule has 130 valence electrons. The van der Waals surface area contributed by atoms with Gasteiger partial charge in [-0.3, -0.25) is 9.59 Å². The van der Waals surface area contributed by atoms with Crippen molar-refractivity contribution < 1.29 is 14.0 Å². The summed E-state index contributed by atoms with van der Waals surface area (Å²) in [5, 5.41) is 0. The first kappa shape index (κ1) is 16.9. The third kappa shape index (κ3) is 3.30. The van der Waals surface area contributed by atoms with Crippen LogP contribution in [0.3, 0.4) is 0 Å². The molecular formula is C19H25FN2O2. The Balaban J connectivity index is 1.72. The van der Waals surface area contributed by atoms with Crippen molar-refractivity contribution in [1.82, 2.24) is 9.80 Å². The number of benzene rings is 1. The number of halogens is 1. The Morgan fingerprint density at radius 2 is 2.08 bits per heavy atom. The van der Waals surface area contributed by atoms with Crippen molar-refractivity contribution in [2.24, 2.45) is 0 Å². The highest BCUT2D eigenvalue weighted by molar-refractivity contribution is 5.80. The fraction of sp³-hybridized carbons (Fsp3) is 0.579. The summed E-state index contributed by atoms with van der Waals surface area (Å²) >= 11 is 0. The largest absolute Gasteiger partial charge is 0.340 e. The number of rotatable bonds is 3. The average Bonchev–Trinajstić information content (AvgIpc) is 2.55. The predicted molar refractivity (Wildman–Crippen MR) is 89.9 cm³/mol. The number of hydrogen-bond acceptors (Lipinski definition) is 2. The number of nitrogens with zero attached hydrogens (tertiary/aromatic N) is 2. The average molecular weight is 332 g/mol. The fourth-order valence-corrected chi connectivity index (χ4v) is 4.30. The highest BCUT2D eigenvalue weighted by Gasteiger charge is 2.45. The van der Waals surface area contributed by atoms with Gasteiger partial charge in [0.1, 0.15) is 5.82 Å². The lowest BCUT2D eigenvalue weighted by molar-refractivity contribution is -0.150. The van der Waals surface area contributed by atoms with Gasteiger partial charge in [0.2, 0.25) is 11.8 Å². The molecule has 0 N–H and O–H groups in total. The molecule has 0 saturated carbocycles. The van der Waals surface area contributed by atoms with E-state index in [1.165, 1.54) is 12.1 Å². The predicted octanol–water partition coefficient (Wildman–Crippen LogP) is 2.76. The molecule has 1 atom stereocenters. The van der Waals surface area contributed by atoms with Crippen LogP contribution in [0.1, 0.15) is 44.6 Å². The van der Waals surface area contributed by atoms with Crippen molar-refractivity contribution in [3.63, 3.8) is 0 Å². The molecule has 24 heavy (non-hydrogen) atoms. The summed E-state index contributed by atoms with van der Waals surface area (Å²) in [7, 11) is 0. The summed E-state index contributed by atoms with van der Waals surface area (Å²) in [6.45, 7) is 4.05. The number of carbonyl (C=O) groups is 2. The molecule has 0 aliphatic carbocycles. The summed E-state index contributed by atoms with van der Waals surface area (Å²) in [6.07, 6.45) is 4.59. The first-order chi connectivity index (χ1) is 11.5. The van der Waals surface area contributed by atoms with Gasteiger partial charge in [0.05, 0.1) is 12.0 Å². The lowest BCUT2D eigenvalue weighted by atomic mass is 9.79. The van der Waals surface area contributed by atoms with Gasteiger partial charge in [-0.2, -0.15) is 0 Å². The Hall–Kier alpha value is -1.91. The van der Waals surface area contributed by atoms with Crippen LogP contribution in [0.2, 0.25) is 0 Å². The number of piperidine rings is 2. The molecule has 2 saturated heterocycles. The van der Waals surface area contributed by atoms with Crippen molar-refractivity contribution in [3.05, 3.63) is 35.6 Å². The number of likely N-dealkylation sites (tertiary alicyclic amines) is 2. The Morgan fingerprint density at radius 3 is 2.83 bits per heavy atom. The second kappa shape index (κ2) is 6.91. The van der Waals surface area contributed by atoms with E-state index in [9.17, 15) is 14.0 Å². The van der Waals surface area contributed by atoms with Crippen molar-refractivity contribution in [2.45, 2.75) is 51.0 Å². The van der Waals surface area contributed by atoms with Gasteiger partial charge in [0, 0.05) is 26.1 Å². The first-order valence-electron chi connectivity index (χ1n) is 8.87. The van der Waals surface area contributed by atoms with E-state index >= 15 is 0 Å². The minimum absolute atomic E-state index is 0.0220. The molecule has 2 aliphatic rings. The summed E-state index contributed by atoms with van der Waals surface area (Å²) in [5.41, 5.74) is 0.506. The van der Waals surface area contributed by atoms with Gasteiger partial charge in [-0.05, 0) is 50.3 Å². The van der Waals surface area contributed by atoms with Gasteiger partial charge in [-0.1, -0.05) is 12.1 Å². The van der Waals surface area contributed by atoms with E-state index in [1.54, 1.807) is 12.1 Å². The van der Waals surface area contributed by atoms with Crippen LogP contribution < -0.4 is 0 Å². The maximum Gasteiger partial charge on any atom is 0.227 e. The quantitative estimate of drug-likeness (QED) is 0.854. The molecule has 2 amide bonds. The molecule has 3 rings (SSSR count). The maximum absolute atomic E-state index is 13.3. The molecule has 2 fully saturated rings. The second-order valence-corrected chi connectivity index (χ2v) is 6.94. The normalized spacial score (nSPS) is 24.5. The van der Waals surface area contributed by atoms with Gasteiger partial charge in [0.25, 0.3) is 0 Å². The van der Waals surface area contributed by atoms with Gasteiger partial charge in [-0.15, -0.1) is 0 Å². The summed E-state index contributed by atoms with van der Waals surface area (Å²) in [5.74, 6) is -0.0811. The zero-order valence-electron chi connectivity index (χ0n) is 14.3. The highest BCUT2D eigenvalue weighted by Crippen LogP contribution is 2.36. The molecular weight excluding hydrogens is 307 g/mol. The van der Waals surface area contributed by atoms with E-state index < -0.39 is 0 Å². The molecule has 5 heteroatoms. The number of likely N-dealkylation sites (N-methyl/N-ethyl adjacent to an activating group) is 1. The van der Waals surface area contributed by atoms with E-state index in [1.807, 2.05) is 16.7 Å². The van der Waals surface area contributed by atoms with Crippen LogP contribution in [0.15, 0.2) is 24.3 Å². The third-order valence-corrected chi connectivity index (χ3v) is 5.38. The van der Waals surface area contributed by atoms with Crippen LogP contribution in [0.4, 0.5) is 4.39 Å². The Labute approximate surface area is 142 Å². The molecule has 0 radical (unpaired) electrons. The second-order valence-electron chi connectivity index (χ2n) is 6.94. The Bertz CT molecular complexity index is 630. The molecule has 1 aromatic carbocycles. The number of hydrogen-bond donors (Lipinski definition) is 0. The Kier molecular flexibility index (Phi) is 4.88. The minimum Gasteiger partial charge on any atom is -0.340 e. The van der Waals surface area contributed by atoms with Crippen LogP contribution in [-0.2, 0) is 16.0 Å². The molecule has 4 nitrogen and oxygen atoms in total. The van der Waals surface area contributed by atoms with Crippen LogP contribution in [-0.4, -0.2) is 46.8 Å².